The van der Waals surface area contributed by atoms with Gasteiger partial charge in [0.05, 0.1) is 18.9 Å². The molecular formula is C11H13NO2. The molecule has 0 fully saturated rings. The molecule has 0 atom stereocenters. The lowest BCUT2D eigenvalue weighted by molar-refractivity contribution is 0.101. The lowest BCUT2D eigenvalue weighted by Crippen LogP contribution is -2.07. The summed E-state index contributed by atoms with van der Waals surface area (Å²) >= 11 is 0. The molecule has 3 heteroatoms. The Hall–Kier alpha value is -1.50. The fourth-order valence-corrected chi connectivity index (χ4v) is 0.932. The van der Waals surface area contributed by atoms with Crippen LogP contribution in [-0.4, -0.2) is 20.3 Å². The van der Waals surface area contributed by atoms with E-state index in [1.807, 2.05) is 24.3 Å². The van der Waals surface area contributed by atoms with Crippen LogP contribution in [-0.2, 0) is 9.57 Å². The second kappa shape index (κ2) is 6.03. The lowest BCUT2D eigenvalue weighted by Gasteiger charge is -2.06. The van der Waals surface area contributed by atoms with Gasteiger partial charge in [0.1, 0.15) is 0 Å². The highest BCUT2D eigenvalue weighted by atomic mass is 16.7. The predicted octanol–water partition coefficient (Wildman–Crippen LogP) is 1.66. The quantitative estimate of drug-likeness (QED) is 0.436. The summed E-state index contributed by atoms with van der Waals surface area (Å²) in [5.74, 6) is 2.55. The van der Waals surface area contributed by atoms with Crippen LogP contribution in [0.15, 0.2) is 24.3 Å². The van der Waals surface area contributed by atoms with Crippen molar-refractivity contribution in [2.75, 3.05) is 25.8 Å². The first-order chi connectivity index (χ1) is 6.86. The SMILES string of the molecule is C#Cc1cccc(NOCCOC)c1. The lowest BCUT2D eigenvalue weighted by atomic mass is 10.2. The molecule has 0 amide bonds. The molecule has 1 N–H and O–H groups in total. The molecule has 0 aliphatic rings. The Labute approximate surface area is 84.0 Å². The third-order valence-electron chi connectivity index (χ3n) is 1.61. The topological polar surface area (TPSA) is 30.5 Å². The molecule has 1 aromatic carbocycles. The van der Waals surface area contributed by atoms with Crippen molar-refractivity contribution in [1.82, 2.24) is 0 Å². The highest BCUT2D eigenvalue weighted by Crippen LogP contribution is 2.09. The van der Waals surface area contributed by atoms with E-state index >= 15 is 0 Å². The number of benzene rings is 1. The van der Waals surface area contributed by atoms with Gasteiger partial charge in [-0.05, 0) is 18.2 Å². The molecule has 0 aromatic heterocycles. The summed E-state index contributed by atoms with van der Waals surface area (Å²) in [7, 11) is 1.63. The van der Waals surface area contributed by atoms with Gasteiger partial charge in [-0.1, -0.05) is 12.0 Å². The smallest absolute Gasteiger partial charge is 0.0979 e. The number of hydrogen-bond donors (Lipinski definition) is 1. The van der Waals surface area contributed by atoms with E-state index in [4.69, 9.17) is 16.0 Å². The van der Waals surface area contributed by atoms with Gasteiger partial charge < -0.3 is 4.74 Å². The molecule has 0 aliphatic heterocycles. The maximum Gasteiger partial charge on any atom is 0.0979 e. The molecule has 0 unspecified atom stereocenters. The van der Waals surface area contributed by atoms with Crippen LogP contribution in [0.2, 0.25) is 0 Å². The zero-order valence-corrected chi connectivity index (χ0v) is 8.12. The molecule has 0 saturated heterocycles. The van der Waals surface area contributed by atoms with E-state index in [9.17, 15) is 0 Å². The van der Waals surface area contributed by atoms with Crippen LogP contribution in [0.1, 0.15) is 5.56 Å². The average Bonchev–Trinajstić information content (AvgIpc) is 2.25. The highest BCUT2D eigenvalue weighted by molar-refractivity contribution is 5.48. The van der Waals surface area contributed by atoms with Gasteiger partial charge in [0.15, 0.2) is 0 Å². The van der Waals surface area contributed by atoms with Gasteiger partial charge in [-0.25, -0.2) is 0 Å². The molecule has 0 spiro atoms. The number of rotatable bonds is 5. The summed E-state index contributed by atoms with van der Waals surface area (Å²) in [6.45, 7) is 1.05. The van der Waals surface area contributed by atoms with Gasteiger partial charge in [-0.3, -0.25) is 10.3 Å². The number of hydrogen-bond acceptors (Lipinski definition) is 3. The second-order valence-electron chi connectivity index (χ2n) is 2.67. The Morgan fingerprint density at radius 3 is 3.00 bits per heavy atom. The molecule has 3 nitrogen and oxygen atoms in total. The van der Waals surface area contributed by atoms with Crippen LogP contribution >= 0.6 is 0 Å². The zero-order valence-electron chi connectivity index (χ0n) is 8.12. The van der Waals surface area contributed by atoms with Crippen molar-refractivity contribution in [3.63, 3.8) is 0 Å². The average molecular weight is 191 g/mol. The van der Waals surface area contributed by atoms with Crippen LogP contribution in [0.5, 0.6) is 0 Å². The van der Waals surface area contributed by atoms with Crippen molar-refractivity contribution < 1.29 is 9.57 Å². The van der Waals surface area contributed by atoms with Crippen molar-refractivity contribution in [1.29, 1.82) is 0 Å². The number of anilines is 1. The first kappa shape index (κ1) is 10.6. The molecule has 0 saturated carbocycles. The van der Waals surface area contributed by atoms with Crippen molar-refractivity contribution in [3.05, 3.63) is 29.8 Å². The van der Waals surface area contributed by atoms with Crippen molar-refractivity contribution in [3.8, 4) is 12.3 Å². The van der Waals surface area contributed by atoms with Gasteiger partial charge in [-0.2, -0.15) is 0 Å². The normalized spacial score (nSPS) is 9.43. The van der Waals surface area contributed by atoms with Crippen molar-refractivity contribution in [2.45, 2.75) is 0 Å². The second-order valence-corrected chi connectivity index (χ2v) is 2.67. The molecule has 0 heterocycles. The van der Waals surface area contributed by atoms with Crippen LogP contribution in [0.4, 0.5) is 5.69 Å². The van der Waals surface area contributed by atoms with Crippen molar-refractivity contribution in [2.24, 2.45) is 0 Å². The van der Waals surface area contributed by atoms with Crippen LogP contribution < -0.4 is 5.48 Å². The molecule has 74 valence electrons. The largest absolute Gasteiger partial charge is 0.382 e. The number of terminal acetylenes is 1. The van der Waals surface area contributed by atoms with Crippen LogP contribution in [0.3, 0.4) is 0 Å². The molecule has 1 rings (SSSR count). The fourth-order valence-electron chi connectivity index (χ4n) is 0.932. The monoisotopic (exact) mass is 191 g/mol. The fraction of sp³-hybridized carbons (Fsp3) is 0.273. The maximum absolute atomic E-state index is 5.26. The van der Waals surface area contributed by atoms with Gasteiger partial charge in [0.25, 0.3) is 0 Å². The molecule has 14 heavy (non-hydrogen) atoms. The van der Waals surface area contributed by atoms with Gasteiger partial charge >= 0.3 is 0 Å². The Morgan fingerprint density at radius 1 is 1.43 bits per heavy atom. The van der Waals surface area contributed by atoms with E-state index in [-0.39, 0.29) is 0 Å². The number of nitrogens with one attached hydrogen (secondary N) is 1. The van der Waals surface area contributed by atoms with E-state index in [0.29, 0.717) is 13.2 Å². The van der Waals surface area contributed by atoms with Crippen molar-refractivity contribution >= 4 is 5.69 Å². The predicted molar refractivity (Wildman–Crippen MR) is 55.8 cm³/mol. The molecule has 0 bridgehead atoms. The first-order valence-electron chi connectivity index (χ1n) is 4.30. The minimum Gasteiger partial charge on any atom is -0.382 e. The minimum atomic E-state index is 0.497. The molecule has 1 aromatic rings. The number of ether oxygens (including phenoxy) is 1. The first-order valence-corrected chi connectivity index (χ1v) is 4.30. The Morgan fingerprint density at radius 2 is 2.29 bits per heavy atom. The summed E-state index contributed by atoms with van der Waals surface area (Å²) in [5.41, 5.74) is 4.45. The van der Waals surface area contributed by atoms with E-state index in [2.05, 4.69) is 11.4 Å². The molecule has 0 aliphatic carbocycles. The van der Waals surface area contributed by atoms with Crippen LogP contribution in [0, 0.1) is 12.3 Å². The van der Waals surface area contributed by atoms with E-state index in [0.717, 1.165) is 11.3 Å². The summed E-state index contributed by atoms with van der Waals surface area (Å²) in [6.07, 6.45) is 5.26. The Bertz CT molecular complexity index is 317. The Kier molecular flexibility index (Phi) is 4.56. The highest BCUT2D eigenvalue weighted by Gasteiger charge is 1.92. The van der Waals surface area contributed by atoms with E-state index in [1.165, 1.54) is 0 Å². The van der Waals surface area contributed by atoms with E-state index in [1.54, 1.807) is 7.11 Å². The maximum atomic E-state index is 5.26. The Balaban J connectivity index is 2.39. The van der Waals surface area contributed by atoms with E-state index < -0.39 is 0 Å². The van der Waals surface area contributed by atoms with Gasteiger partial charge in [0.2, 0.25) is 0 Å². The van der Waals surface area contributed by atoms with Gasteiger partial charge in [-0.15, -0.1) is 6.42 Å². The number of methoxy groups -OCH3 is 1. The summed E-state index contributed by atoms with van der Waals surface area (Å²) < 4.78 is 4.83. The summed E-state index contributed by atoms with van der Waals surface area (Å²) in [5, 5.41) is 0. The zero-order chi connectivity index (χ0) is 10.2. The minimum absolute atomic E-state index is 0.497. The molecule has 0 radical (unpaired) electrons. The third kappa shape index (κ3) is 3.48. The van der Waals surface area contributed by atoms with Gasteiger partial charge in [0, 0.05) is 12.7 Å². The standard InChI is InChI=1S/C11H13NO2/c1-3-10-5-4-6-11(9-10)12-14-8-7-13-2/h1,4-6,9,12H,7-8H2,2H3. The third-order valence-corrected chi connectivity index (χ3v) is 1.61. The molecular weight excluding hydrogens is 178 g/mol. The summed E-state index contributed by atoms with van der Waals surface area (Å²) in [6, 6.07) is 7.46. The summed E-state index contributed by atoms with van der Waals surface area (Å²) in [4.78, 5) is 5.12. The van der Waals surface area contributed by atoms with Crippen LogP contribution in [0.25, 0.3) is 0 Å².